The summed E-state index contributed by atoms with van der Waals surface area (Å²) in [6, 6.07) is 21.8. The summed E-state index contributed by atoms with van der Waals surface area (Å²) in [5.74, 6) is -2.83. The minimum Gasteiger partial charge on any atom is -0.481 e. The van der Waals surface area contributed by atoms with E-state index >= 15 is 0 Å². The number of benzene rings is 3. The average molecular weight is 433 g/mol. The lowest BCUT2D eigenvalue weighted by molar-refractivity contribution is -0.148. The molecule has 0 heterocycles. The molecular weight excluding hydrogens is 410 g/mol. The zero-order chi connectivity index (χ0) is 23.1. The van der Waals surface area contributed by atoms with E-state index in [1.807, 2.05) is 12.1 Å². The number of carbonyl (C=O) groups is 3. The van der Waals surface area contributed by atoms with Gasteiger partial charge in [-0.25, -0.2) is 4.79 Å². The van der Waals surface area contributed by atoms with Crippen molar-refractivity contribution in [3.63, 3.8) is 0 Å². The molecule has 0 aliphatic heterocycles. The predicted molar refractivity (Wildman–Crippen MR) is 118 cm³/mol. The first-order chi connectivity index (χ1) is 15.3. The van der Waals surface area contributed by atoms with Gasteiger partial charge in [0.1, 0.15) is 0 Å². The molecule has 0 aliphatic rings. The minimum atomic E-state index is -1.75. The maximum absolute atomic E-state index is 12.7. The first-order valence-electron chi connectivity index (χ1n) is 10.0. The van der Waals surface area contributed by atoms with Gasteiger partial charge in [-0.1, -0.05) is 66.7 Å². The van der Waals surface area contributed by atoms with Gasteiger partial charge in [0, 0.05) is 5.56 Å². The number of hydrogen-bond acceptors (Lipinski definition) is 4. The third-order valence-electron chi connectivity index (χ3n) is 5.01. The minimum absolute atomic E-state index is 0.0803. The van der Waals surface area contributed by atoms with Crippen LogP contribution in [-0.2, 0) is 22.4 Å². The Balaban J connectivity index is 1.75. The largest absolute Gasteiger partial charge is 0.481 e. The quantitative estimate of drug-likeness (QED) is 0.411. The van der Waals surface area contributed by atoms with Gasteiger partial charge >= 0.3 is 11.9 Å². The van der Waals surface area contributed by atoms with E-state index in [1.54, 1.807) is 66.7 Å². The summed E-state index contributed by atoms with van der Waals surface area (Å²) < 4.78 is 0. The van der Waals surface area contributed by atoms with Crippen molar-refractivity contribution < 1.29 is 29.7 Å². The van der Waals surface area contributed by atoms with Crippen molar-refractivity contribution in [3.05, 3.63) is 95.6 Å². The van der Waals surface area contributed by atoms with Gasteiger partial charge in [0.2, 0.25) is 0 Å². The van der Waals surface area contributed by atoms with E-state index in [1.165, 1.54) is 0 Å². The highest BCUT2D eigenvalue weighted by atomic mass is 16.4. The Morgan fingerprint density at radius 1 is 0.781 bits per heavy atom. The van der Waals surface area contributed by atoms with E-state index in [2.05, 4.69) is 5.32 Å². The van der Waals surface area contributed by atoms with E-state index in [-0.39, 0.29) is 12.8 Å². The molecule has 32 heavy (non-hydrogen) atoms. The summed E-state index contributed by atoms with van der Waals surface area (Å²) in [5.41, 5.74) is 3.39. The van der Waals surface area contributed by atoms with Crippen LogP contribution in [0.1, 0.15) is 21.5 Å². The van der Waals surface area contributed by atoms with Crippen molar-refractivity contribution in [2.24, 2.45) is 0 Å². The van der Waals surface area contributed by atoms with Crippen LogP contribution < -0.4 is 5.32 Å². The van der Waals surface area contributed by atoms with Crippen LogP contribution in [0.25, 0.3) is 11.1 Å². The SMILES string of the molecule is O=C(O)Cc1cccc(-c2ccc(C(=O)N[C@H](Cc3ccccc3)[C@@H](O)C(=O)O)cc2)c1. The van der Waals surface area contributed by atoms with Crippen LogP contribution in [0.15, 0.2) is 78.9 Å². The lowest BCUT2D eigenvalue weighted by Crippen LogP contribution is -2.48. The normalized spacial score (nSPS) is 12.5. The monoisotopic (exact) mass is 433 g/mol. The van der Waals surface area contributed by atoms with Crippen LogP contribution in [-0.4, -0.2) is 45.3 Å². The number of rotatable bonds is 9. The van der Waals surface area contributed by atoms with Gasteiger partial charge in [0.15, 0.2) is 6.10 Å². The molecule has 4 N–H and O–H groups in total. The van der Waals surface area contributed by atoms with E-state index in [0.29, 0.717) is 11.1 Å². The molecule has 3 rings (SSSR count). The van der Waals surface area contributed by atoms with Gasteiger partial charge in [-0.3, -0.25) is 9.59 Å². The van der Waals surface area contributed by atoms with Crippen molar-refractivity contribution in [2.75, 3.05) is 0 Å². The molecule has 7 heteroatoms. The van der Waals surface area contributed by atoms with Gasteiger partial charge in [-0.05, 0) is 40.8 Å². The van der Waals surface area contributed by atoms with E-state index < -0.39 is 30.0 Å². The Hall–Kier alpha value is -3.97. The Kier molecular flexibility index (Phi) is 7.36. The van der Waals surface area contributed by atoms with Crippen molar-refractivity contribution in [1.29, 1.82) is 0 Å². The fourth-order valence-electron chi connectivity index (χ4n) is 3.38. The summed E-state index contributed by atoms with van der Waals surface area (Å²) in [4.78, 5) is 35.0. The summed E-state index contributed by atoms with van der Waals surface area (Å²) in [6.45, 7) is 0. The lowest BCUT2D eigenvalue weighted by Gasteiger charge is -2.22. The third kappa shape index (κ3) is 6.02. The van der Waals surface area contributed by atoms with E-state index in [4.69, 9.17) is 5.11 Å². The first-order valence-corrected chi connectivity index (χ1v) is 10.0. The standard InChI is InChI=1S/C25H23NO6/c27-22(28)15-17-7-4-8-20(13-17)18-9-11-19(12-10-18)24(30)26-21(23(29)25(31)32)14-16-5-2-1-3-6-16/h1-13,21,23,29H,14-15H2,(H,26,30)(H,27,28)(H,31,32)/t21-,23-/m1/s1. The molecule has 0 fully saturated rings. The van der Waals surface area contributed by atoms with Crippen molar-refractivity contribution in [1.82, 2.24) is 5.32 Å². The second-order valence-electron chi connectivity index (χ2n) is 7.40. The molecule has 7 nitrogen and oxygen atoms in total. The highest BCUT2D eigenvalue weighted by Crippen LogP contribution is 2.21. The van der Waals surface area contributed by atoms with Crippen molar-refractivity contribution in [3.8, 4) is 11.1 Å². The number of hydrogen-bond donors (Lipinski definition) is 4. The van der Waals surface area contributed by atoms with Gasteiger partial charge in [-0.15, -0.1) is 0 Å². The summed E-state index contributed by atoms with van der Waals surface area (Å²) >= 11 is 0. The number of carboxylic acids is 2. The molecule has 0 unspecified atom stereocenters. The molecule has 3 aromatic rings. The number of aliphatic hydroxyl groups excluding tert-OH is 1. The first kappa shape index (κ1) is 22.7. The van der Waals surface area contributed by atoms with Crippen LogP contribution in [0, 0.1) is 0 Å². The van der Waals surface area contributed by atoms with Crippen LogP contribution in [0.4, 0.5) is 0 Å². The fraction of sp³-hybridized carbons (Fsp3) is 0.160. The van der Waals surface area contributed by atoms with Crippen molar-refractivity contribution in [2.45, 2.75) is 25.0 Å². The second kappa shape index (κ2) is 10.4. The average Bonchev–Trinajstić information content (AvgIpc) is 2.78. The molecule has 164 valence electrons. The number of amides is 1. The molecule has 0 aliphatic carbocycles. The van der Waals surface area contributed by atoms with Crippen LogP contribution >= 0.6 is 0 Å². The Labute approximate surface area is 185 Å². The number of aliphatic hydroxyl groups is 1. The fourth-order valence-corrected chi connectivity index (χ4v) is 3.38. The van der Waals surface area contributed by atoms with E-state index in [9.17, 15) is 24.6 Å². The van der Waals surface area contributed by atoms with Gasteiger partial charge in [-0.2, -0.15) is 0 Å². The zero-order valence-corrected chi connectivity index (χ0v) is 17.1. The highest BCUT2D eigenvalue weighted by molar-refractivity contribution is 5.95. The maximum atomic E-state index is 12.7. The van der Waals surface area contributed by atoms with Gasteiger partial charge in [0.25, 0.3) is 5.91 Å². The Morgan fingerprint density at radius 2 is 1.44 bits per heavy atom. The zero-order valence-electron chi connectivity index (χ0n) is 17.1. The molecule has 0 aromatic heterocycles. The summed E-state index contributed by atoms with van der Waals surface area (Å²) in [7, 11) is 0. The number of carbonyl (C=O) groups excluding carboxylic acids is 1. The number of carboxylic acid groups (broad SMARTS) is 2. The predicted octanol–water partition coefficient (Wildman–Crippen LogP) is 2.77. The molecular formula is C25H23NO6. The molecule has 0 saturated heterocycles. The molecule has 0 saturated carbocycles. The molecule has 3 aromatic carbocycles. The maximum Gasteiger partial charge on any atom is 0.334 e. The molecule has 1 amide bonds. The number of nitrogens with one attached hydrogen (secondary N) is 1. The third-order valence-corrected chi connectivity index (χ3v) is 5.01. The van der Waals surface area contributed by atoms with E-state index in [0.717, 1.165) is 16.7 Å². The topological polar surface area (TPSA) is 124 Å². The molecule has 0 radical (unpaired) electrons. The number of aliphatic carboxylic acids is 2. The second-order valence-corrected chi connectivity index (χ2v) is 7.40. The van der Waals surface area contributed by atoms with Crippen molar-refractivity contribution >= 4 is 17.8 Å². The molecule has 2 atom stereocenters. The smallest absolute Gasteiger partial charge is 0.334 e. The Morgan fingerprint density at radius 3 is 2.06 bits per heavy atom. The van der Waals surface area contributed by atoms with Gasteiger partial charge < -0.3 is 20.6 Å². The van der Waals surface area contributed by atoms with Gasteiger partial charge in [0.05, 0.1) is 12.5 Å². The molecule has 0 bridgehead atoms. The van der Waals surface area contributed by atoms with Crippen LogP contribution in [0.3, 0.4) is 0 Å². The van der Waals surface area contributed by atoms with Crippen LogP contribution in [0.2, 0.25) is 0 Å². The highest BCUT2D eigenvalue weighted by Gasteiger charge is 2.27. The summed E-state index contributed by atoms with van der Waals surface area (Å²) in [6.07, 6.45) is -1.67. The Bertz CT molecular complexity index is 1090. The summed E-state index contributed by atoms with van der Waals surface area (Å²) in [5, 5.41) is 30.9. The van der Waals surface area contributed by atoms with Crippen LogP contribution in [0.5, 0.6) is 0 Å². The molecule has 0 spiro atoms. The lowest BCUT2D eigenvalue weighted by atomic mass is 9.99.